The molecule has 0 saturated heterocycles. The summed E-state index contributed by atoms with van der Waals surface area (Å²) in [5, 5.41) is 10.6. The Morgan fingerprint density at radius 2 is 1.96 bits per heavy atom. The van der Waals surface area contributed by atoms with Crippen LogP contribution in [0.25, 0.3) is 11.0 Å². The molecule has 0 amide bonds. The molecule has 120 valence electrons. The van der Waals surface area contributed by atoms with Crippen LogP contribution in [0, 0.1) is 0 Å². The highest BCUT2D eigenvalue weighted by Crippen LogP contribution is 2.21. The number of H-pyrrole nitrogens is 1. The first kappa shape index (κ1) is 15.7. The molecule has 0 radical (unpaired) electrons. The zero-order valence-corrected chi connectivity index (χ0v) is 13.1. The molecule has 3 rings (SSSR count). The standard InChI is InChI=1S/C16H17N3O3S/c20-14(12-5-2-1-3-6-12)8-10-19-23(21,22)15-11-18-16-13(15)7-4-9-17-16/h1-7,9,11,14,19-20H,8,10H2,(H,17,18). The lowest BCUT2D eigenvalue weighted by molar-refractivity contribution is 0.169. The predicted molar refractivity (Wildman–Crippen MR) is 87.3 cm³/mol. The Hall–Kier alpha value is -2.22. The number of aromatic amines is 1. The number of hydrogen-bond acceptors (Lipinski definition) is 4. The van der Waals surface area contributed by atoms with Gasteiger partial charge in [0, 0.05) is 24.3 Å². The number of aliphatic hydroxyl groups is 1. The highest BCUT2D eigenvalue weighted by molar-refractivity contribution is 7.89. The van der Waals surface area contributed by atoms with Gasteiger partial charge in [-0.1, -0.05) is 30.3 Å². The normalized spacial score (nSPS) is 13.3. The number of sulfonamides is 1. The van der Waals surface area contributed by atoms with Gasteiger partial charge in [0.05, 0.1) is 6.10 Å². The van der Waals surface area contributed by atoms with Gasteiger partial charge in [-0.2, -0.15) is 0 Å². The van der Waals surface area contributed by atoms with Crippen LogP contribution in [-0.4, -0.2) is 30.0 Å². The molecule has 7 heteroatoms. The third-order valence-electron chi connectivity index (χ3n) is 3.60. The molecule has 0 aliphatic rings. The predicted octanol–water partition coefficient (Wildman–Crippen LogP) is 1.96. The lowest BCUT2D eigenvalue weighted by Gasteiger charge is -2.11. The van der Waals surface area contributed by atoms with Gasteiger partial charge in [-0.25, -0.2) is 18.1 Å². The number of aliphatic hydroxyl groups excluding tert-OH is 1. The van der Waals surface area contributed by atoms with Crippen molar-refractivity contribution < 1.29 is 13.5 Å². The van der Waals surface area contributed by atoms with Crippen molar-refractivity contribution in [2.45, 2.75) is 17.4 Å². The van der Waals surface area contributed by atoms with E-state index in [0.29, 0.717) is 17.5 Å². The van der Waals surface area contributed by atoms with Crippen molar-refractivity contribution in [2.75, 3.05) is 6.54 Å². The summed E-state index contributed by atoms with van der Waals surface area (Å²) in [7, 11) is -3.65. The number of hydrogen-bond donors (Lipinski definition) is 3. The van der Waals surface area contributed by atoms with E-state index in [9.17, 15) is 13.5 Å². The van der Waals surface area contributed by atoms with Gasteiger partial charge in [-0.05, 0) is 24.1 Å². The Kier molecular flexibility index (Phi) is 4.42. The number of nitrogens with one attached hydrogen (secondary N) is 2. The number of benzene rings is 1. The summed E-state index contributed by atoms with van der Waals surface area (Å²) >= 11 is 0. The van der Waals surface area contributed by atoms with Gasteiger partial charge in [0.2, 0.25) is 10.0 Å². The van der Waals surface area contributed by atoms with Crippen LogP contribution >= 0.6 is 0 Å². The lowest BCUT2D eigenvalue weighted by atomic mass is 10.1. The molecule has 2 aromatic heterocycles. The first-order valence-electron chi connectivity index (χ1n) is 7.23. The van der Waals surface area contributed by atoms with Crippen LogP contribution in [0.4, 0.5) is 0 Å². The van der Waals surface area contributed by atoms with Crippen molar-refractivity contribution in [3.63, 3.8) is 0 Å². The van der Waals surface area contributed by atoms with E-state index in [4.69, 9.17) is 0 Å². The number of aromatic nitrogens is 2. The Balaban J connectivity index is 1.68. The minimum absolute atomic E-state index is 0.144. The first-order chi connectivity index (χ1) is 11.1. The number of nitrogens with zero attached hydrogens (tertiary/aromatic N) is 1. The summed E-state index contributed by atoms with van der Waals surface area (Å²) in [6.07, 6.45) is 2.61. The minimum atomic E-state index is -3.65. The van der Waals surface area contributed by atoms with Gasteiger partial charge in [0.15, 0.2) is 0 Å². The first-order valence-corrected chi connectivity index (χ1v) is 8.71. The zero-order valence-electron chi connectivity index (χ0n) is 12.3. The summed E-state index contributed by atoms with van der Waals surface area (Å²) in [6, 6.07) is 12.5. The molecule has 0 bridgehead atoms. The van der Waals surface area contributed by atoms with Crippen molar-refractivity contribution in [1.29, 1.82) is 0 Å². The van der Waals surface area contributed by atoms with Crippen molar-refractivity contribution in [1.82, 2.24) is 14.7 Å². The van der Waals surface area contributed by atoms with Crippen LogP contribution in [-0.2, 0) is 10.0 Å². The molecule has 1 atom stereocenters. The zero-order chi connectivity index (χ0) is 16.3. The van der Waals surface area contributed by atoms with Gasteiger partial charge in [-0.15, -0.1) is 0 Å². The van der Waals surface area contributed by atoms with Crippen LogP contribution in [0.3, 0.4) is 0 Å². The maximum absolute atomic E-state index is 12.4. The quantitative estimate of drug-likeness (QED) is 0.643. The van der Waals surface area contributed by atoms with E-state index >= 15 is 0 Å². The van der Waals surface area contributed by atoms with Gasteiger partial charge >= 0.3 is 0 Å². The number of rotatable bonds is 6. The third-order valence-corrected chi connectivity index (χ3v) is 5.10. The van der Waals surface area contributed by atoms with Crippen molar-refractivity contribution >= 4 is 21.1 Å². The monoisotopic (exact) mass is 331 g/mol. The molecule has 0 spiro atoms. The van der Waals surface area contributed by atoms with Gasteiger partial charge in [0.1, 0.15) is 10.5 Å². The van der Waals surface area contributed by atoms with Crippen LogP contribution in [0.1, 0.15) is 18.1 Å². The second-order valence-corrected chi connectivity index (χ2v) is 6.90. The highest BCUT2D eigenvalue weighted by Gasteiger charge is 2.19. The molecule has 1 aromatic carbocycles. The molecule has 6 nitrogen and oxygen atoms in total. The molecule has 23 heavy (non-hydrogen) atoms. The van der Waals surface area contributed by atoms with E-state index in [1.54, 1.807) is 18.3 Å². The van der Waals surface area contributed by atoms with Gasteiger partial charge < -0.3 is 10.1 Å². The SMILES string of the molecule is O=S(=O)(NCCC(O)c1ccccc1)c1c[nH]c2ncccc12. The van der Waals surface area contributed by atoms with E-state index in [1.807, 2.05) is 30.3 Å². The average Bonchev–Trinajstić information content (AvgIpc) is 3.00. The topological polar surface area (TPSA) is 95.1 Å². The maximum Gasteiger partial charge on any atom is 0.242 e. The van der Waals surface area contributed by atoms with Crippen molar-refractivity contribution in [2.24, 2.45) is 0 Å². The largest absolute Gasteiger partial charge is 0.388 e. The Morgan fingerprint density at radius 3 is 2.74 bits per heavy atom. The summed E-state index contributed by atoms with van der Waals surface area (Å²) < 4.78 is 27.3. The summed E-state index contributed by atoms with van der Waals surface area (Å²) in [6.45, 7) is 0.144. The van der Waals surface area contributed by atoms with E-state index in [1.165, 1.54) is 6.20 Å². The van der Waals surface area contributed by atoms with Crippen molar-refractivity contribution in [3.05, 3.63) is 60.4 Å². The van der Waals surface area contributed by atoms with Crippen LogP contribution in [0.15, 0.2) is 59.8 Å². The van der Waals surface area contributed by atoms with Gasteiger partial charge in [-0.3, -0.25) is 0 Å². The summed E-state index contributed by atoms with van der Waals surface area (Å²) in [5.41, 5.74) is 1.29. The fourth-order valence-electron chi connectivity index (χ4n) is 2.40. The molecular weight excluding hydrogens is 314 g/mol. The second kappa shape index (κ2) is 6.49. The molecule has 3 aromatic rings. The van der Waals surface area contributed by atoms with Crippen LogP contribution in [0.5, 0.6) is 0 Å². The molecule has 2 heterocycles. The molecule has 0 aliphatic carbocycles. The highest BCUT2D eigenvalue weighted by atomic mass is 32.2. The maximum atomic E-state index is 12.4. The molecule has 3 N–H and O–H groups in total. The fourth-order valence-corrected chi connectivity index (χ4v) is 3.61. The molecular formula is C16H17N3O3S. The molecule has 0 aliphatic heterocycles. The van der Waals surface area contributed by atoms with Crippen LogP contribution in [0.2, 0.25) is 0 Å². The van der Waals surface area contributed by atoms with E-state index in [0.717, 1.165) is 5.56 Å². The minimum Gasteiger partial charge on any atom is -0.388 e. The van der Waals surface area contributed by atoms with Gasteiger partial charge in [0.25, 0.3) is 0 Å². The summed E-state index contributed by atoms with van der Waals surface area (Å²) in [5.74, 6) is 0. The second-order valence-electron chi connectivity index (χ2n) is 5.17. The lowest BCUT2D eigenvalue weighted by Crippen LogP contribution is -2.25. The number of pyridine rings is 1. The van der Waals surface area contributed by atoms with Crippen molar-refractivity contribution in [3.8, 4) is 0 Å². The fraction of sp³-hybridized carbons (Fsp3) is 0.188. The Labute approximate surface area is 134 Å². The Bertz CT molecular complexity index is 891. The number of fused-ring (bicyclic) bond motifs is 1. The molecule has 0 fully saturated rings. The third kappa shape index (κ3) is 3.42. The Morgan fingerprint density at radius 1 is 1.17 bits per heavy atom. The molecule has 1 unspecified atom stereocenters. The average molecular weight is 331 g/mol. The summed E-state index contributed by atoms with van der Waals surface area (Å²) in [4.78, 5) is 7.08. The van der Waals surface area contributed by atoms with E-state index in [-0.39, 0.29) is 11.4 Å². The smallest absolute Gasteiger partial charge is 0.242 e. The van der Waals surface area contributed by atoms with E-state index in [2.05, 4.69) is 14.7 Å². The van der Waals surface area contributed by atoms with E-state index < -0.39 is 16.1 Å². The van der Waals surface area contributed by atoms with Crippen LogP contribution < -0.4 is 4.72 Å². The molecule has 0 saturated carbocycles.